The van der Waals surface area contributed by atoms with Crippen LogP contribution in [0, 0.1) is 0 Å². The van der Waals surface area contributed by atoms with Crippen LogP contribution < -0.4 is 9.80 Å². The van der Waals surface area contributed by atoms with Crippen LogP contribution in [-0.2, 0) is 25.8 Å². The number of para-hydroxylation sites is 1. The van der Waals surface area contributed by atoms with Gasteiger partial charge in [0.1, 0.15) is 0 Å². The number of anilines is 2. The fourth-order valence-electron chi connectivity index (χ4n) is 3.69. The average Bonchev–Trinajstić information content (AvgIpc) is 3.13. The highest BCUT2D eigenvalue weighted by atomic mass is 32.2. The van der Waals surface area contributed by atoms with Gasteiger partial charge in [-0.2, -0.15) is 0 Å². The zero-order valence-corrected chi connectivity index (χ0v) is 17.8. The van der Waals surface area contributed by atoms with Crippen molar-refractivity contribution in [3.05, 3.63) is 54.1 Å². The highest BCUT2D eigenvalue weighted by Crippen LogP contribution is 2.31. The number of rotatable bonds is 6. The summed E-state index contributed by atoms with van der Waals surface area (Å²) in [5.41, 5.74) is 2.37. The molecule has 6 nitrogen and oxygen atoms in total. The van der Waals surface area contributed by atoms with Crippen LogP contribution in [0.2, 0.25) is 0 Å². The monoisotopic (exact) mass is 414 g/mol. The van der Waals surface area contributed by atoms with E-state index in [1.165, 1.54) is 13.0 Å². The van der Waals surface area contributed by atoms with Crippen molar-refractivity contribution in [2.45, 2.75) is 43.8 Å². The summed E-state index contributed by atoms with van der Waals surface area (Å²) < 4.78 is 26.2. The summed E-state index contributed by atoms with van der Waals surface area (Å²) >= 11 is 0. The van der Waals surface area contributed by atoms with E-state index in [-0.39, 0.29) is 23.1 Å². The van der Waals surface area contributed by atoms with Gasteiger partial charge in [0.15, 0.2) is 9.84 Å². The van der Waals surface area contributed by atoms with Gasteiger partial charge in [0.2, 0.25) is 11.8 Å². The van der Waals surface area contributed by atoms with E-state index < -0.39 is 15.1 Å². The standard InChI is InChI=1S/C22H26N2O4S/c1-4-23(19-8-6-5-7-9-19)22(26)14-16(2)29(27,28)20-10-11-21-18(15-20)12-13-24(21)17(3)25/h5-11,15-16H,4,12-14H2,1-3H3. The lowest BCUT2D eigenvalue weighted by Gasteiger charge is -2.23. The molecule has 2 aromatic rings. The Morgan fingerprint density at radius 3 is 2.45 bits per heavy atom. The van der Waals surface area contributed by atoms with Crippen molar-refractivity contribution in [3.63, 3.8) is 0 Å². The molecule has 1 aliphatic heterocycles. The molecule has 154 valence electrons. The van der Waals surface area contributed by atoms with Gasteiger partial charge in [0, 0.05) is 37.8 Å². The number of amides is 2. The van der Waals surface area contributed by atoms with Crippen molar-refractivity contribution in [1.82, 2.24) is 0 Å². The smallest absolute Gasteiger partial charge is 0.228 e. The topological polar surface area (TPSA) is 74.8 Å². The number of fused-ring (bicyclic) bond motifs is 1. The minimum atomic E-state index is -3.67. The molecule has 0 radical (unpaired) electrons. The summed E-state index contributed by atoms with van der Waals surface area (Å²) in [5.74, 6) is -0.280. The molecule has 7 heteroatoms. The Morgan fingerprint density at radius 1 is 1.14 bits per heavy atom. The Morgan fingerprint density at radius 2 is 1.83 bits per heavy atom. The first-order valence-electron chi connectivity index (χ1n) is 9.76. The zero-order valence-electron chi connectivity index (χ0n) is 17.0. The quantitative estimate of drug-likeness (QED) is 0.728. The molecular weight excluding hydrogens is 388 g/mol. The van der Waals surface area contributed by atoms with Crippen LogP contribution in [0.3, 0.4) is 0 Å². The third kappa shape index (κ3) is 4.19. The van der Waals surface area contributed by atoms with Gasteiger partial charge in [-0.15, -0.1) is 0 Å². The fourth-order valence-corrected chi connectivity index (χ4v) is 5.08. The second kappa shape index (κ2) is 8.37. The van der Waals surface area contributed by atoms with Gasteiger partial charge >= 0.3 is 0 Å². The molecule has 0 N–H and O–H groups in total. The predicted molar refractivity (Wildman–Crippen MR) is 114 cm³/mol. The van der Waals surface area contributed by atoms with Crippen molar-refractivity contribution in [2.75, 3.05) is 22.9 Å². The Hall–Kier alpha value is -2.67. The molecule has 0 fully saturated rings. The molecule has 0 aromatic heterocycles. The highest BCUT2D eigenvalue weighted by Gasteiger charge is 2.30. The van der Waals surface area contributed by atoms with E-state index in [0.717, 1.165) is 16.9 Å². The van der Waals surface area contributed by atoms with Gasteiger partial charge < -0.3 is 9.80 Å². The number of sulfone groups is 1. The summed E-state index contributed by atoms with van der Waals surface area (Å²) in [5, 5.41) is -0.851. The molecular formula is C22H26N2O4S. The summed E-state index contributed by atoms with van der Waals surface area (Å²) in [6.07, 6.45) is 0.533. The second-order valence-electron chi connectivity index (χ2n) is 7.24. The summed E-state index contributed by atoms with van der Waals surface area (Å²) in [6, 6.07) is 14.1. The van der Waals surface area contributed by atoms with E-state index in [4.69, 9.17) is 0 Å². The van der Waals surface area contributed by atoms with Crippen LogP contribution in [0.25, 0.3) is 0 Å². The van der Waals surface area contributed by atoms with E-state index in [1.807, 2.05) is 37.3 Å². The van der Waals surface area contributed by atoms with Crippen LogP contribution in [0.1, 0.15) is 32.8 Å². The lowest BCUT2D eigenvalue weighted by atomic mass is 10.2. The first kappa shape index (κ1) is 21.0. The largest absolute Gasteiger partial charge is 0.313 e. The van der Waals surface area contributed by atoms with Gasteiger partial charge in [-0.25, -0.2) is 8.42 Å². The molecule has 1 unspecified atom stereocenters. The first-order chi connectivity index (χ1) is 13.8. The van der Waals surface area contributed by atoms with Crippen LogP contribution in [-0.4, -0.2) is 38.6 Å². The lowest BCUT2D eigenvalue weighted by molar-refractivity contribution is -0.118. The van der Waals surface area contributed by atoms with Gasteiger partial charge in [-0.05, 0) is 56.2 Å². The molecule has 0 saturated carbocycles. The summed E-state index contributed by atoms with van der Waals surface area (Å²) in [7, 11) is -3.67. The van der Waals surface area contributed by atoms with E-state index in [1.54, 1.807) is 28.9 Å². The summed E-state index contributed by atoms with van der Waals surface area (Å²) in [6.45, 7) is 5.96. The van der Waals surface area contributed by atoms with Gasteiger partial charge in [0.25, 0.3) is 0 Å². The van der Waals surface area contributed by atoms with Crippen LogP contribution >= 0.6 is 0 Å². The lowest BCUT2D eigenvalue weighted by Crippen LogP contribution is -2.34. The molecule has 2 aromatic carbocycles. The Bertz CT molecular complexity index is 1020. The van der Waals surface area contributed by atoms with Crippen LogP contribution in [0.15, 0.2) is 53.4 Å². The highest BCUT2D eigenvalue weighted by molar-refractivity contribution is 7.92. The zero-order chi connectivity index (χ0) is 21.2. The van der Waals surface area contributed by atoms with Crippen molar-refractivity contribution in [3.8, 4) is 0 Å². The summed E-state index contributed by atoms with van der Waals surface area (Å²) in [4.78, 5) is 27.9. The van der Waals surface area contributed by atoms with Crippen molar-refractivity contribution >= 4 is 33.0 Å². The average molecular weight is 415 g/mol. The van der Waals surface area contributed by atoms with Gasteiger partial charge in [-0.1, -0.05) is 18.2 Å². The maximum absolute atomic E-state index is 13.1. The number of hydrogen-bond acceptors (Lipinski definition) is 4. The third-order valence-corrected chi connectivity index (χ3v) is 7.47. The molecule has 1 heterocycles. The van der Waals surface area contributed by atoms with E-state index in [0.29, 0.717) is 19.5 Å². The maximum Gasteiger partial charge on any atom is 0.228 e. The molecule has 0 bridgehead atoms. The van der Waals surface area contributed by atoms with Gasteiger partial charge in [0.05, 0.1) is 10.1 Å². The second-order valence-corrected chi connectivity index (χ2v) is 9.61. The van der Waals surface area contributed by atoms with Crippen molar-refractivity contribution in [2.24, 2.45) is 0 Å². The van der Waals surface area contributed by atoms with Gasteiger partial charge in [-0.3, -0.25) is 9.59 Å². The van der Waals surface area contributed by atoms with Crippen LogP contribution in [0.5, 0.6) is 0 Å². The number of benzene rings is 2. The molecule has 2 amide bonds. The minimum absolute atomic E-state index is 0.0566. The number of nitrogens with zero attached hydrogens (tertiary/aromatic N) is 2. The molecule has 1 atom stereocenters. The molecule has 29 heavy (non-hydrogen) atoms. The number of carbonyl (C=O) groups is 2. The SMILES string of the molecule is CCN(C(=O)CC(C)S(=O)(=O)c1ccc2c(c1)CCN2C(C)=O)c1ccccc1. The van der Waals surface area contributed by atoms with E-state index in [9.17, 15) is 18.0 Å². The third-order valence-electron chi connectivity index (χ3n) is 5.33. The normalized spacial score (nSPS) is 14.4. The fraction of sp³-hybridized carbons (Fsp3) is 0.364. The molecule has 0 spiro atoms. The Labute approximate surface area is 172 Å². The minimum Gasteiger partial charge on any atom is -0.313 e. The van der Waals surface area contributed by atoms with Crippen molar-refractivity contribution < 1.29 is 18.0 Å². The number of carbonyl (C=O) groups excluding carboxylic acids is 2. The van der Waals surface area contributed by atoms with Crippen molar-refractivity contribution in [1.29, 1.82) is 0 Å². The van der Waals surface area contributed by atoms with Crippen LogP contribution in [0.4, 0.5) is 11.4 Å². The first-order valence-corrected chi connectivity index (χ1v) is 11.3. The molecule has 0 saturated heterocycles. The Balaban J connectivity index is 1.79. The Kier molecular flexibility index (Phi) is 6.07. The van der Waals surface area contributed by atoms with E-state index >= 15 is 0 Å². The molecule has 1 aliphatic rings. The van der Waals surface area contributed by atoms with E-state index in [2.05, 4.69) is 0 Å². The molecule has 3 rings (SSSR count). The predicted octanol–water partition coefficient (Wildman–Crippen LogP) is 3.20. The number of hydrogen-bond donors (Lipinski definition) is 0. The molecule has 0 aliphatic carbocycles. The maximum atomic E-state index is 13.1.